The normalized spacial score (nSPS) is 15.6. The van der Waals surface area contributed by atoms with Crippen molar-refractivity contribution >= 4 is 11.8 Å². The first-order valence-corrected chi connectivity index (χ1v) is 10.5. The topological polar surface area (TPSA) is 120 Å². The number of hydrogen-bond acceptors (Lipinski definition) is 8. The van der Waals surface area contributed by atoms with Crippen LogP contribution in [0.1, 0.15) is 57.3 Å². The number of nitrogens with two attached hydrogens (primary N) is 2. The van der Waals surface area contributed by atoms with Crippen molar-refractivity contribution in [2.45, 2.75) is 59.0 Å². The molecule has 1 aromatic rings. The van der Waals surface area contributed by atoms with Crippen molar-refractivity contribution in [3.63, 3.8) is 0 Å². The highest BCUT2D eigenvalue weighted by Gasteiger charge is 2.19. The van der Waals surface area contributed by atoms with E-state index in [1.54, 1.807) is 20.3 Å². The molecule has 1 saturated carbocycles. The van der Waals surface area contributed by atoms with Crippen molar-refractivity contribution in [1.82, 2.24) is 19.9 Å². The summed E-state index contributed by atoms with van der Waals surface area (Å²) in [4.78, 5) is 22.7. The van der Waals surface area contributed by atoms with E-state index in [1.165, 1.54) is 29.2 Å². The molecule has 1 heterocycles. The standard InChI is InChI=1S/C21H36N6O3/c1-14(2)12-26(4)21(28)29-13-18(27(5)23)19(22)17-11-24-20(15(3)25-17)30-16-9-7-6-8-10-16/h11,14,16H,6-10,12-13,22-23H2,1-5H3/b19-18-. The summed E-state index contributed by atoms with van der Waals surface area (Å²) in [7, 11) is 3.33. The molecule has 0 radical (unpaired) electrons. The second-order valence-corrected chi connectivity index (χ2v) is 8.32. The van der Waals surface area contributed by atoms with Crippen molar-refractivity contribution in [1.29, 1.82) is 0 Å². The van der Waals surface area contributed by atoms with E-state index in [0.29, 0.717) is 41.1 Å². The van der Waals surface area contributed by atoms with Gasteiger partial charge in [-0.15, -0.1) is 0 Å². The van der Waals surface area contributed by atoms with Crippen LogP contribution in [0.5, 0.6) is 5.88 Å². The fourth-order valence-electron chi connectivity index (χ4n) is 3.44. The number of nitrogens with zero attached hydrogens (tertiary/aromatic N) is 4. The molecular weight excluding hydrogens is 384 g/mol. The molecule has 1 aromatic heterocycles. The Balaban J connectivity index is 2.11. The molecule has 30 heavy (non-hydrogen) atoms. The number of amides is 1. The van der Waals surface area contributed by atoms with Gasteiger partial charge in [0, 0.05) is 20.6 Å². The molecule has 1 aliphatic carbocycles. The van der Waals surface area contributed by atoms with Crippen molar-refractivity contribution in [2.24, 2.45) is 17.5 Å². The van der Waals surface area contributed by atoms with E-state index < -0.39 is 6.09 Å². The molecule has 0 aromatic carbocycles. The molecule has 0 unspecified atom stereocenters. The SMILES string of the molecule is Cc1nc(/C(N)=C(\COC(=O)N(C)CC(C)C)N(C)N)cnc1OC1CCCCC1. The number of carbonyl (C=O) groups excluding carboxylic acids is 1. The number of aromatic nitrogens is 2. The molecule has 0 bridgehead atoms. The van der Waals surface area contributed by atoms with Gasteiger partial charge in [0.2, 0.25) is 5.88 Å². The maximum absolute atomic E-state index is 12.2. The summed E-state index contributed by atoms with van der Waals surface area (Å²) in [5, 5.41) is 1.33. The Morgan fingerprint density at radius 1 is 1.27 bits per heavy atom. The molecule has 168 valence electrons. The lowest BCUT2D eigenvalue weighted by molar-refractivity contribution is 0.109. The van der Waals surface area contributed by atoms with Crippen molar-refractivity contribution < 1.29 is 14.3 Å². The van der Waals surface area contributed by atoms with E-state index in [-0.39, 0.29) is 12.7 Å². The van der Waals surface area contributed by atoms with Crippen LogP contribution in [0.4, 0.5) is 4.79 Å². The highest BCUT2D eigenvalue weighted by Crippen LogP contribution is 2.24. The van der Waals surface area contributed by atoms with Crippen LogP contribution in [0.3, 0.4) is 0 Å². The minimum Gasteiger partial charge on any atom is -0.473 e. The summed E-state index contributed by atoms with van der Waals surface area (Å²) >= 11 is 0. The minimum absolute atomic E-state index is 0.0683. The third-order valence-corrected chi connectivity index (χ3v) is 5.03. The number of rotatable bonds is 8. The van der Waals surface area contributed by atoms with Gasteiger partial charge in [-0.2, -0.15) is 0 Å². The van der Waals surface area contributed by atoms with Gasteiger partial charge in [0.15, 0.2) is 0 Å². The Morgan fingerprint density at radius 2 is 1.93 bits per heavy atom. The van der Waals surface area contributed by atoms with Crippen LogP contribution in [0.15, 0.2) is 11.9 Å². The third-order valence-electron chi connectivity index (χ3n) is 5.03. The van der Waals surface area contributed by atoms with E-state index in [1.807, 2.05) is 20.8 Å². The highest BCUT2D eigenvalue weighted by molar-refractivity contribution is 5.68. The predicted molar refractivity (Wildman–Crippen MR) is 116 cm³/mol. The van der Waals surface area contributed by atoms with E-state index in [9.17, 15) is 4.79 Å². The zero-order valence-corrected chi connectivity index (χ0v) is 18.9. The fraction of sp³-hybridized carbons (Fsp3) is 0.667. The maximum atomic E-state index is 12.2. The van der Waals surface area contributed by atoms with E-state index >= 15 is 0 Å². The predicted octanol–water partition coefficient (Wildman–Crippen LogP) is 2.65. The fourth-order valence-corrected chi connectivity index (χ4v) is 3.44. The molecule has 1 aliphatic rings. The molecular formula is C21H36N6O3. The monoisotopic (exact) mass is 420 g/mol. The van der Waals surface area contributed by atoms with Crippen molar-refractivity contribution in [3.05, 3.63) is 23.3 Å². The number of aryl methyl sites for hydroxylation is 1. The van der Waals surface area contributed by atoms with Crippen LogP contribution >= 0.6 is 0 Å². The second kappa shape index (κ2) is 11.0. The molecule has 4 N–H and O–H groups in total. The van der Waals surface area contributed by atoms with Gasteiger partial charge in [0.1, 0.15) is 24.1 Å². The van der Waals surface area contributed by atoms with Gasteiger partial charge in [-0.3, -0.25) is 0 Å². The largest absolute Gasteiger partial charge is 0.473 e. The summed E-state index contributed by atoms with van der Waals surface area (Å²) in [5.74, 6) is 6.80. The molecule has 0 aliphatic heterocycles. The van der Waals surface area contributed by atoms with Crippen molar-refractivity contribution in [2.75, 3.05) is 27.2 Å². The van der Waals surface area contributed by atoms with Crippen LogP contribution in [-0.4, -0.2) is 59.3 Å². The molecule has 0 saturated heterocycles. The average molecular weight is 421 g/mol. The van der Waals surface area contributed by atoms with Gasteiger partial charge in [0.05, 0.1) is 17.6 Å². The summed E-state index contributed by atoms with van der Waals surface area (Å²) in [6, 6.07) is 0. The van der Waals surface area contributed by atoms with Crippen LogP contribution in [0.2, 0.25) is 0 Å². The summed E-state index contributed by atoms with van der Waals surface area (Å²) in [6.45, 7) is 6.43. The number of hydrogen-bond donors (Lipinski definition) is 2. The molecule has 9 nitrogen and oxygen atoms in total. The Hall–Kier alpha value is -2.55. The lowest BCUT2D eigenvalue weighted by Crippen LogP contribution is -2.35. The summed E-state index contributed by atoms with van der Waals surface area (Å²) < 4.78 is 11.4. The quantitative estimate of drug-likeness (QED) is 0.486. The van der Waals surface area contributed by atoms with Gasteiger partial charge in [-0.05, 0) is 38.5 Å². The smallest absolute Gasteiger partial charge is 0.409 e. The highest BCUT2D eigenvalue weighted by atomic mass is 16.6. The van der Waals surface area contributed by atoms with Crippen LogP contribution < -0.4 is 16.3 Å². The van der Waals surface area contributed by atoms with E-state index in [0.717, 1.165) is 12.8 Å². The molecule has 2 rings (SSSR count). The lowest BCUT2D eigenvalue weighted by atomic mass is 9.98. The Bertz CT molecular complexity index is 744. The van der Waals surface area contributed by atoms with Crippen LogP contribution in [-0.2, 0) is 4.74 Å². The molecule has 0 atom stereocenters. The second-order valence-electron chi connectivity index (χ2n) is 8.32. The van der Waals surface area contributed by atoms with Gasteiger partial charge in [-0.1, -0.05) is 20.3 Å². The number of hydrazine groups is 1. The van der Waals surface area contributed by atoms with E-state index in [4.69, 9.17) is 21.1 Å². The zero-order valence-electron chi connectivity index (χ0n) is 18.9. The van der Waals surface area contributed by atoms with Crippen LogP contribution in [0, 0.1) is 12.8 Å². The first kappa shape index (κ1) is 23.7. The summed E-state index contributed by atoms with van der Waals surface area (Å²) in [5.41, 5.74) is 8.16. The van der Waals surface area contributed by atoms with Gasteiger partial charge in [0.25, 0.3) is 0 Å². The maximum Gasteiger partial charge on any atom is 0.409 e. The molecule has 1 fully saturated rings. The lowest BCUT2D eigenvalue weighted by Gasteiger charge is -2.24. The average Bonchev–Trinajstić information content (AvgIpc) is 2.69. The van der Waals surface area contributed by atoms with Gasteiger partial charge >= 0.3 is 6.09 Å². The van der Waals surface area contributed by atoms with Gasteiger partial charge < -0.3 is 25.1 Å². The number of likely N-dealkylation sites (N-methyl/N-ethyl adjacent to an activating group) is 1. The Morgan fingerprint density at radius 3 is 2.50 bits per heavy atom. The summed E-state index contributed by atoms with van der Waals surface area (Å²) in [6.07, 6.45) is 7.04. The molecule has 0 spiro atoms. The first-order chi connectivity index (χ1) is 14.2. The number of carbonyl (C=O) groups is 1. The molecule has 9 heteroatoms. The van der Waals surface area contributed by atoms with E-state index in [2.05, 4.69) is 9.97 Å². The first-order valence-electron chi connectivity index (χ1n) is 10.5. The van der Waals surface area contributed by atoms with Gasteiger partial charge in [-0.25, -0.2) is 20.6 Å². The Labute approximate surface area is 179 Å². The van der Waals surface area contributed by atoms with Crippen molar-refractivity contribution in [3.8, 4) is 5.88 Å². The Kier molecular flexibility index (Phi) is 8.71. The third kappa shape index (κ3) is 6.76. The zero-order chi connectivity index (χ0) is 22.3. The van der Waals surface area contributed by atoms with Crippen LogP contribution in [0.25, 0.3) is 5.70 Å². The number of ether oxygens (including phenoxy) is 2. The molecule has 1 amide bonds. The minimum atomic E-state index is -0.436.